The first-order chi connectivity index (χ1) is 10.0. The molecule has 21 heavy (non-hydrogen) atoms. The summed E-state index contributed by atoms with van der Waals surface area (Å²) in [6.07, 6.45) is 2.55. The Morgan fingerprint density at radius 2 is 1.86 bits per heavy atom. The van der Waals surface area contributed by atoms with Gasteiger partial charge in [0.25, 0.3) is 0 Å². The van der Waals surface area contributed by atoms with Crippen molar-refractivity contribution in [3.63, 3.8) is 0 Å². The second-order valence-electron chi connectivity index (χ2n) is 5.20. The number of nitrogens with zero attached hydrogens (tertiary/aromatic N) is 1. The van der Waals surface area contributed by atoms with E-state index >= 15 is 0 Å². The minimum absolute atomic E-state index is 0.0650. The van der Waals surface area contributed by atoms with Crippen molar-refractivity contribution in [1.29, 1.82) is 0 Å². The fourth-order valence-corrected chi connectivity index (χ4v) is 2.45. The second-order valence-corrected chi connectivity index (χ2v) is 5.20. The molecule has 2 aromatic rings. The first-order valence-corrected chi connectivity index (χ1v) is 6.94. The third-order valence-corrected chi connectivity index (χ3v) is 3.65. The van der Waals surface area contributed by atoms with Crippen molar-refractivity contribution in [1.82, 2.24) is 4.98 Å². The number of hydrogen-bond acceptors (Lipinski definition) is 4. The molecule has 1 unspecified atom stereocenters. The van der Waals surface area contributed by atoms with Crippen LogP contribution in [0.4, 0.5) is 0 Å². The molecular formula is C17H22N2O2. The normalized spacial score (nSPS) is 12.0. The maximum Gasteiger partial charge on any atom is 0.212 e. The van der Waals surface area contributed by atoms with Crippen LogP contribution < -0.4 is 15.2 Å². The second kappa shape index (κ2) is 6.59. The number of rotatable bonds is 5. The van der Waals surface area contributed by atoms with Gasteiger partial charge in [-0.05, 0) is 48.6 Å². The van der Waals surface area contributed by atoms with E-state index in [1.165, 1.54) is 0 Å². The van der Waals surface area contributed by atoms with Crippen LogP contribution in [-0.2, 0) is 6.42 Å². The van der Waals surface area contributed by atoms with Crippen molar-refractivity contribution in [2.24, 2.45) is 5.73 Å². The monoisotopic (exact) mass is 286 g/mol. The van der Waals surface area contributed by atoms with Gasteiger partial charge in [0.05, 0.1) is 14.2 Å². The third kappa shape index (κ3) is 3.52. The van der Waals surface area contributed by atoms with Gasteiger partial charge in [0.1, 0.15) is 5.75 Å². The standard InChI is InChI=1S/C17H22N2O2/c1-11-8-16(20-3)12(2)7-14(11)15(18)9-13-5-6-17(21-4)19-10-13/h5-8,10,15H,9,18H2,1-4H3. The van der Waals surface area contributed by atoms with E-state index in [4.69, 9.17) is 15.2 Å². The maximum atomic E-state index is 6.36. The smallest absolute Gasteiger partial charge is 0.212 e. The van der Waals surface area contributed by atoms with Crippen molar-refractivity contribution in [3.8, 4) is 11.6 Å². The molecule has 0 aliphatic heterocycles. The molecule has 4 heteroatoms. The minimum Gasteiger partial charge on any atom is -0.496 e. The largest absolute Gasteiger partial charge is 0.496 e. The lowest BCUT2D eigenvalue weighted by Crippen LogP contribution is -2.15. The number of ether oxygens (including phenoxy) is 2. The van der Waals surface area contributed by atoms with Crippen molar-refractivity contribution < 1.29 is 9.47 Å². The van der Waals surface area contributed by atoms with Gasteiger partial charge in [-0.2, -0.15) is 0 Å². The molecular weight excluding hydrogens is 264 g/mol. The van der Waals surface area contributed by atoms with E-state index in [-0.39, 0.29) is 6.04 Å². The maximum absolute atomic E-state index is 6.36. The summed E-state index contributed by atoms with van der Waals surface area (Å²) in [5.74, 6) is 1.51. The molecule has 0 radical (unpaired) electrons. The van der Waals surface area contributed by atoms with Gasteiger partial charge in [-0.15, -0.1) is 0 Å². The van der Waals surface area contributed by atoms with Gasteiger partial charge >= 0.3 is 0 Å². The number of methoxy groups -OCH3 is 2. The highest BCUT2D eigenvalue weighted by Gasteiger charge is 2.13. The van der Waals surface area contributed by atoms with Crippen LogP contribution in [0, 0.1) is 13.8 Å². The van der Waals surface area contributed by atoms with Crippen molar-refractivity contribution in [3.05, 3.63) is 52.7 Å². The molecule has 4 nitrogen and oxygen atoms in total. The summed E-state index contributed by atoms with van der Waals surface area (Å²) in [4.78, 5) is 4.21. The number of hydrogen-bond donors (Lipinski definition) is 1. The Labute approximate surface area is 125 Å². The molecule has 0 saturated carbocycles. The zero-order valence-electron chi connectivity index (χ0n) is 13.0. The van der Waals surface area contributed by atoms with Gasteiger partial charge in [0.15, 0.2) is 0 Å². The number of aryl methyl sites for hydroxylation is 2. The lowest BCUT2D eigenvalue weighted by atomic mass is 9.94. The zero-order valence-corrected chi connectivity index (χ0v) is 13.0. The Morgan fingerprint density at radius 3 is 2.43 bits per heavy atom. The Kier molecular flexibility index (Phi) is 4.81. The molecule has 1 atom stereocenters. The highest BCUT2D eigenvalue weighted by atomic mass is 16.5. The van der Waals surface area contributed by atoms with Crippen LogP contribution in [0.25, 0.3) is 0 Å². The minimum atomic E-state index is -0.0650. The molecule has 0 amide bonds. The van der Waals surface area contributed by atoms with E-state index < -0.39 is 0 Å². The van der Waals surface area contributed by atoms with Gasteiger partial charge in [0.2, 0.25) is 5.88 Å². The highest BCUT2D eigenvalue weighted by Crippen LogP contribution is 2.27. The predicted molar refractivity (Wildman–Crippen MR) is 83.9 cm³/mol. The predicted octanol–water partition coefficient (Wildman–Crippen LogP) is 2.96. The summed E-state index contributed by atoms with van der Waals surface area (Å²) in [5.41, 5.74) is 10.8. The van der Waals surface area contributed by atoms with E-state index in [0.717, 1.165) is 34.4 Å². The van der Waals surface area contributed by atoms with Crippen molar-refractivity contribution in [2.75, 3.05) is 14.2 Å². The van der Waals surface area contributed by atoms with Gasteiger partial charge in [0, 0.05) is 18.3 Å². The van der Waals surface area contributed by atoms with Crippen LogP contribution in [0.5, 0.6) is 11.6 Å². The lowest BCUT2D eigenvalue weighted by molar-refractivity contribution is 0.397. The van der Waals surface area contributed by atoms with E-state index in [2.05, 4.69) is 18.0 Å². The molecule has 0 fully saturated rings. The topological polar surface area (TPSA) is 57.4 Å². The zero-order chi connectivity index (χ0) is 15.4. The first kappa shape index (κ1) is 15.3. The number of benzene rings is 1. The van der Waals surface area contributed by atoms with Gasteiger partial charge < -0.3 is 15.2 Å². The van der Waals surface area contributed by atoms with Crippen LogP contribution in [0.1, 0.15) is 28.3 Å². The number of nitrogens with two attached hydrogens (primary N) is 1. The van der Waals surface area contributed by atoms with Crippen LogP contribution in [0.15, 0.2) is 30.5 Å². The molecule has 1 heterocycles. The molecule has 0 bridgehead atoms. The third-order valence-electron chi connectivity index (χ3n) is 3.65. The molecule has 2 N–H and O–H groups in total. The fraction of sp³-hybridized carbons (Fsp3) is 0.353. The van der Waals surface area contributed by atoms with E-state index in [1.54, 1.807) is 14.2 Å². The Hall–Kier alpha value is -2.07. The van der Waals surface area contributed by atoms with Gasteiger partial charge in [-0.25, -0.2) is 4.98 Å². The Bertz CT molecular complexity index is 609. The fourth-order valence-electron chi connectivity index (χ4n) is 2.45. The summed E-state index contributed by atoms with van der Waals surface area (Å²) < 4.78 is 10.4. The molecule has 0 aliphatic carbocycles. The van der Waals surface area contributed by atoms with Crippen LogP contribution in [0.2, 0.25) is 0 Å². The Balaban J connectivity index is 2.19. The number of aromatic nitrogens is 1. The average Bonchev–Trinajstić information content (AvgIpc) is 2.49. The van der Waals surface area contributed by atoms with Gasteiger partial charge in [-0.1, -0.05) is 12.1 Å². The van der Waals surface area contributed by atoms with Crippen LogP contribution in [0.3, 0.4) is 0 Å². The summed E-state index contributed by atoms with van der Waals surface area (Å²) in [7, 11) is 3.29. The summed E-state index contributed by atoms with van der Waals surface area (Å²) in [5, 5.41) is 0. The SMILES string of the molecule is COc1ccc(CC(N)c2cc(C)c(OC)cc2C)cn1. The molecule has 0 aliphatic rings. The molecule has 2 rings (SSSR count). The van der Waals surface area contributed by atoms with E-state index in [9.17, 15) is 0 Å². The molecule has 0 saturated heterocycles. The Morgan fingerprint density at radius 1 is 1.10 bits per heavy atom. The van der Waals surface area contributed by atoms with E-state index in [1.807, 2.05) is 31.3 Å². The first-order valence-electron chi connectivity index (χ1n) is 6.94. The van der Waals surface area contributed by atoms with Crippen LogP contribution in [-0.4, -0.2) is 19.2 Å². The number of pyridine rings is 1. The molecule has 1 aromatic carbocycles. The average molecular weight is 286 g/mol. The molecule has 1 aromatic heterocycles. The summed E-state index contributed by atoms with van der Waals surface area (Å²) in [6.45, 7) is 4.09. The molecule has 0 spiro atoms. The quantitative estimate of drug-likeness (QED) is 0.918. The summed E-state index contributed by atoms with van der Waals surface area (Å²) in [6, 6.07) is 7.93. The van der Waals surface area contributed by atoms with E-state index in [0.29, 0.717) is 5.88 Å². The molecule has 112 valence electrons. The van der Waals surface area contributed by atoms with Crippen molar-refractivity contribution in [2.45, 2.75) is 26.3 Å². The summed E-state index contributed by atoms with van der Waals surface area (Å²) >= 11 is 0. The highest BCUT2D eigenvalue weighted by molar-refractivity contribution is 5.43. The van der Waals surface area contributed by atoms with Gasteiger partial charge in [-0.3, -0.25) is 0 Å². The lowest BCUT2D eigenvalue weighted by Gasteiger charge is -2.17. The van der Waals surface area contributed by atoms with Crippen molar-refractivity contribution >= 4 is 0 Å². The van der Waals surface area contributed by atoms with Crippen LogP contribution >= 0.6 is 0 Å².